The van der Waals surface area contributed by atoms with Crippen molar-refractivity contribution in [2.75, 3.05) is 6.54 Å². The van der Waals surface area contributed by atoms with Crippen molar-refractivity contribution in [3.05, 3.63) is 56.3 Å². The summed E-state index contributed by atoms with van der Waals surface area (Å²) >= 11 is 3.37. The lowest BCUT2D eigenvalue weighted by atomic mass is 9.98. The Kier molecular flexibility index (Phi) is 4.69. The van der Waals surface area contributed by atoms with Crippen LogP contribution >= 0.6 is 15.9 Å². The number of nitrogens with zero attached hydrogens (tertiary/aromatic N) is 2. The maximum absolute atomic E-state index is 11.0. The topological polar surface area (TPSA) is 82.0 Å². The third-order valence-electron chi connectivity index (χ3n) is 3.48. The molecular weight excluding hydrogens is 334 g/mol. The average molecular weight is 350 g/mol. The summed E-state index contributed by atoms with van der Waals surface area (Å²) in [6.07, 6.45) is 0. The van der Waals surface area contributed by atoms with Gasteiger partial charge in [0, 0.05) is 11.6 Å². The second-order valence-electron chi connectivity index (χ2n) is 4.95. The lowest BCUT2D eigenvalue weighted by molar-refractivity contribution is -0.385. The summed E-state index contributed by atoms with van der Waals surface area (Å²) in [5.74, 6) is 0.285. The number of rotatable bonds is 4. The molecule has 110 valence electrons. The number of hydrogen-bond acceptors (Lipinski definition) is 4. The molecule has 1 unspecified atom stereocenters. The molecule has 0 bridgehead atoms. The second kappa shape index (κ2) is 6.32. The van der Waals surface area contributed by atoms with Crippen molar-refractivity contribution in [2.24, 2.45) is 5.73 Å². The van der Waals surface area contributed by atoms with E-state index in [-0.39, 0.29) is 11.6 Å². The van der Waals surface area contributed by atoms with Crippen molar-refractivity contribution in [2.45, 2.75) is 19.8 Å². The van der Waals surface area contributed by atoms with Crippen LogP contribution in [0.5, 0.6) is 0 Å². The maximum atomic E-state index is 11.0. The standard InChI is InChI=1S/C15H16BrN3O2/c1-9(8-17)11-3-5-12(6-4-11)13-7-14(19(20)21)10(2)18-15(13)16/h3-7,9H,8,17H2,1-2H3. The normalized spacial score (nSPS) is 12.2. The summed E-state index contributed by atoms with van der Waals surface area (Å²) in [7, 11) is 0. The van der Waals surface area contributed by atoms with Crippen LogP contribution in [0.4, 0.5) is 5.69 Å². The Balaban J connectivity index is 2.46. The van der Waals surface area contributed by atoms with E-state index in [2.05, 4.69) is 27.8 Å². The van der Waals surface area contributed by atoms with Gasteiger partial charge in [-0.3, -0.25) is 10.1 Å². The van der Waals surface area contributed by atoms with Gasteiger partial charge in [0.1, 0.15) is 10.3 Å². The molecule has 2 rings (SSSR count). The number of nitro groups is 1. The summed E-state index contributed by atoms with van der Waals surface area (Å²) in [5, 5.41) is 11.0. The van der Waals surface area contributed by atoms with E-state index in [0.29, 0.717) is 22.4 Å². The Morgan fingerprint density at radius 3 is 2.52 bits per heavy atom. The highest BCUT2D eigenvalue weighted by molar-refractivity contribution is 9.10. The monoisotopic (exact) mass is 349 g/mol. The zero-order valence-corrected chi connectivity index (χ0v) is 13.4. The van der Waals surface area contributed by atoms with Gasteiger partial charge < -0.3 is 5.73 Å². The molecule has 0 aliphatic heterocycles. The first-order valence-corrected chi connectivity index (χ1v) is 7.35. The number of halogens is 1. The molecule has 0 saturated carbocycles. The van der Waals surface area contributed by atoms with Gasteiger partial charge in [-0.25, -0.2) is 4.98 Å². The van der Waals surface area contributed by atoms with Crippen LogP contribution in [0.3, 0.4) is 0 Å². The molecule has 1 aromatic heterocycles. The Labute approximate surface area is 131 Å². The third-order valence-corrected chi connectivity index (χ3v) is 4.09. The van der Waals surface area contributed by atoms with Gasteiger partial charge in [-0.1, -0.05) is 31.2 Å². The number of aromatic nitrogens is 1. The minimum absolute atomic E-state index is 0.0209. The fourth-order valence-corrected chi connectivity index (χ4v) is 2.69. The van der Waals surface area contributed by atoms with Crippen LogP contribution in [0.15, 0.2) is 34.9 Å². The van der Waals surface area contributed by atoms with E-state index in [0.717, 1.165) is 11.1 Å². The highest BCUT2D eigenvalue weighted by Gasteiger charge is 2.17. The van der Waals surface area contributed by atoms with Crippen LogP contribution in [-0.4, -0.2) is 16.5 Å². The van der Waals surface area contributed by atoms with E-state index in [1.165, 1.54) is 0 Å². The van der Waals surface area contributed by atoms with E-state index in [1.54, 1.807) is 13.0 Å². The van der Waals surface area contributed by atoms with Gasteiger partial charge in [-0.05, 0) is 46.4 Å². The fourth-order valence-electron chi connectivity index (χ4n) is 2.08. The first-order chi connectivity index (χ1) is 9.93. The summed E-state index contributed by atoms with van der Waals surface area (Å²) in [6.45, 7) is 4.27. The molecule has 2 aromatic rings. The molecule has 6 heteroatoms. The Morgan fingerprint density at radius 1 is 1.38 bits per heavy atom. The number of hydrogen-bond donors (Lipinski definition) is 1. The fraction of sp³-hybridized carbons (Fsp3) is 0.267. The first-order valence-electron chi connectivity index (χ1n) is 6.56. The minimum Gasteiger partial charge on any atom is -0.330 e. The molecule has 0 saturated heterocycles. The predicted octanol–water partition coefficient (Wildman–Crippen LogP) is 3.79. The average Bonchev–Trinajstić information content (AvgIpc) is 2.46. The number of benzene rings is 1. The van der Waals surface area contributed by atoms with Crippen molar-refractivity contribution in [3.63, 3.8) is 0 Å². The summed E-state index contributed by atoms with van der Waals surface area (Å²) in [6, 6.07) is 9.40. The zero-order chi connectivity index (χ0) is 15.6. The van der Waals surface area contributed by atoms with Gasteiger partial charge in [-0.2, -0.15) is 0 Å². The van der Waals surface area contributed by atoms with E-state index >= 15 is 0 Å². The number of pyridine rings is 1. The van der Waals surface area contributed by atoms with Gasteiger partial charge >= 0.3 is 0 Å². The molecule has 1 aromatic carbocycles. The van der Waals surface area contributed by atoms with E-state index < -0.39 is 4.92 Å². The molecule has 0 aliphatic rings. The lowest BCUT2D eigenvalue weighted by Gasteiger charge is -2.11. The quantitative estimate of drug-likeness (QED) is 0.517. The van der Waals surface area contributed by atoms with Crippen molar-refractivity contribution in [1.29, 1.82) is 0 Å². The van der Waals surface area contributed by atoms with Gasteiger partial charge in [0.2, 0.25) is 0 Å². The van der Waals surface area contributed by atoms with Crippen LogP contribution in [0.2, 0.25) is 0 Å². The van der Waals surface area contributed by atoms with Crippen LogP contribution in [0, 0.1) is 17.0 Å². The van der Waals surface area contributed by atoms with Gasteiger partial charge in [0.15, 0.2) is 0 Å². The summed E-state index contributed by atoms with van der Waals surface area (Å²) in [5.41, 5.74) is 8.80. The molecule has 1 heterocycles. The number of nitrogens with two attached hydrogens (primary N) is 1. The molecular formula is C15H16BrN3O2. The van der Waals surface area contributed by atoms with Crippen LogP contribution in [0.1, 0.15) is 24.1 Å². The number of aryl methyl sites for hydroxylation is 1. The molecule has 0 fully saturated rings. The predicted molar refractivity (Wildman–Crippen MR) is 86.2 cm³/mol. The Morgan fingerprint density at radius 2 is 2.00 bits per heavy atom. The SMILES string of the molecule is Cc1nc(Br)c(-c2ccc(C(C)CN)cc2)cc1[N+](=O)[O-]. The Bertz CT molecular complexity index is 671. The highest BCUT2D eigenvalue weighted by atomic mass is 79.9. The molecule has 0 spiro atoms. The smallest absolute Gasteiger partial charge is 0.291 e. The van der Waals surface area contributed by atoms with Crippen LogP contribution in [-0.2, 0) is 0 Å². The molecule has 1 atom stereocenters. The third kappa shape index (κ3) is 3.28. The Hall–Kier alpha value is -1.79. The van der Waals surface area contributed by atoms with Crippen LogP contribution in [0.25, 0.3) is 11.1 Å². The van der Waals surface area contributed by atoms with E-state index in [9.17, 15) is 10.1 Å². The van der Waals surface area contributed by atoms with Gasteiger partial charge in [0.05, 0.1) is 4.92 Å². The summed E-state index contributed by atoms with van der Waals surface area (Å²) in [4.78, 5) is 14.8. The van der Waals surface area contributed by atoms with E-state index in [1.807, 2.05) is 24.3 Å². The molecule has 0 amide bonds. The molecule has 2 N–H and O–H groups in total. The highest BCUT2D eigenvalue weighted by Crippen LogP contribution is 2.32. The van der Waals surface area contributed by atoms with E-state index in [4.69, 9.17) is 5.73 Å². The van der Waals surface area contributed by atoms with Crippen molar-refractivity contribution in [1.82, 2.24) is 4.98 Å². The van der Waals surface area contributed by atoms with Crippen molar-refractivity contribution in [3.8, 4) is 11.1 Å². The molecule has 0 aliphatic carbocycles. The summed E-state index contributed by atoms with van der Waals surface area (Å²) < 4.78 is 0.602. The van der Waals surface area contributed by atoms with Gasteiger partial charge in [0.25, 0.3) is 5.69 Å². The maximum Gasteiger partial charge on any atom is 0.291 e. The van der Waals surface area contributed by atoms with Gasteiger partial charge in [-0.15, -0.1) is 0 Å². The van der Waals surface area contributed by atoms with Crippen molar-refractivity contribution >= 4 is 21.6 Å². The second-order valence-corrected chi connectivity index (χ2v) is 5.70. The van der Waals surface area contributed by atoms with Crippen molar-refractivity contribution < 1.29 is 4.92 Å². The first kappa shape index (κ1) is 15.6. The zero-order valence-electron chi connectivity index (χ0n) is 11.8. The largest absolute Gasteiger partial charge is 0.330 e. The molecule has 5 nitrogen and oxygen atoms in total. The minimum atomic E-state index is -0.414. The molecule has 21 heavy (non-hydrogen) atoms. The molecule has 0 radical (unpaired) electrons. The lowest BCUT2D eigenvalue weighted by Crippen LogP contribution is -2.08. The van der Waals surface area contributed by atoms with Crippen LogP contribution < -0.4 is 5.73 Å².